The summed E-state index contributed by atoms with van der Waals surface area (Å²) < 4.78 is 49.3. The maximum absolute atomic E-state index is 12.4. The molecule has 0 aliphatic heterocycles. The van der Waals surface area contributed by atoms with Crippen LogP contribution in [0.15, 0.2) is 21.9 Å². The van der Waals surface area contributed by atoms with Crippen molar-refractivity contribution >= 4 is 12.6 Å². The summed E-state index contributed by atoms with van der Waals surface area (Å²) in [5.41, 5.74) is -1.71. The van der Waals surface area contributed by atoms with E-state index >= 15 is 0 Å². The van der Waals surface area contributed by atoms with E-state index in [2.05, 4.69) is 3.72 Å². The number of hydrogen-bond donors (Lipinski definition) is 3. The van der Waals surface area contributed by atoms with E-state index in [0.29, 0.717) is 25.7 Å². The zero-order valence-electron chi connectivity index (χ0n) is 8.73. The van der Waals surface area contributed by atoms with E-state index in [-0.39, 0.29) is 5.56 Å². The van der Waals surface area contributed by atoms with Gasteiger partial charge in [0.25, 0.3) is 0 Å². The van der Waals surface area contributed by atoms with Gasteiger partial charge in [-0.25, -0.2) is 0 Å². The first kappa shape index (κ1) is 17.4. The average molecular weight is 437 g/mol. The van der Waals surface area contributed by atoms with E-state index in [0.717, 1.165) is 6.07 Å². The minimum absolute atomic E-state index is 0.0618. The molecule has 0 heterocycles. The number of aliphatic hydroxyl groups excluding tert-OH is 1. The zero-order valence-corrected chi connectivity index (χ0v) is 11.7. The van der Waals surface area contributed by atoms with Gasteiger partial charge in [-0.3, -0.25) is 0 Å². The Hall–Kier alpha value is -0.627. The molecule has 18 heavy (non-hydrogen) atoms. The first-order chi connectivity index (χ1) is 8.27. The standard InChI is InChI=1S/C8H8BF3O3.FN.W/c10-8(11,12)6-3-5(4-13)1-2-7(6)9(14)15;1-2;/h1-3,13-15H,4H2;;. The number of hydrogen-bond acceptors (Lipinski definition) is 4. The van der Waals surface area contributed by atoms with Crippen molar-refractivity contribution in [2.45, 2.75) is 12.8 Å². The summed E-state index contributed by atoms with van der Waals surface area (Å²) in [6.07, 6.45) is -4.68. The minimum Gasteiger partial charge on any atom is -0.423 e. The summed E-state index contributed by atoms with van der Waals surface area (Å²) in [7, 11) is -2.19. The van der Waals surface area contributed by atoms with Gasteiger partial charge in [0.1, 0.15) is 0 Å². The second kappa shape index (κ2) is 7.73. The van der Waals surface area contributed by atoms with Crippen molar-refractivity contribution in [3.05, 3.63) is 29.3 Å². The second-order valence-electron chi connectivity index (χ2n) is 3.02. The number of alkyl halides is 3. The molecule has 0 atom stereocenters. The van der Waals surface area contributed by atoms with Crippen molar-refractivity contribution in [1.29, 1.82) is 0 Å². The van der Waals surface area contributed by atoms with Crippen LogP contribution in [0.4, 0.5) is 17.7 Å². The van der Waals surface area contributed by atoms with Gasteiger partial charge in [0.15, 0.2) is 0 Å². The summed E-state index contributed by atoms with van der Waals surface area (Å²) in [6.45, 7) is -0.537. The molecule has 0 bridgehead atoms. The molecule has 0 unspecified atom stereocenters. The predicted molar refractivity (Wildman–Crippen MR) is 50.7 cm³/mol. The third kappa shape index (κ3) is 5.35. The maximum Gasteiger partial charge on any atom is 0.489 e. The monoisotopic (exact) mass is 437 g/mol. The van der Waals surface area contributed by atoms with Crippen LogP contribution in [0.1, 0.15) is 11.1 Å². The van der Waals surface area contributed by atoms with E-state index in [1.54, 1.807) is 0 Å². The van der Waals surface area contributed by atoms with Crippen molar-refractivity contribution in [2.24, 2.45) is 3.72 Å². The average Bonchev–Trinajstić information content (AvgIpc) is 2.28. The van der Waals surface area contributed by atoms with Crippen LogP contribution in [-0.2, 0) is 32.4 Å². The Kier molecular flexibility index (Phi) is 7.46. The Morgan fingerprint density at radius 1 is 1.28 bits per heavy atom. The Morgan fingerprint density at radius 3 is 2.11 bits per heavy atom. The molecule has 1 aromatic carbocycles. The third-order valence-corrected chi connectivity index (χ3v) is 1.88. The van der Waals surface area contributed by atoms with Gasteiger partial charge >= 0.3 is 41.1 Å². The summed E-state index contributed by atoms with van der Waals surface area (Å²) >= 11 is 0.630. The van der Waals surface area contributed by atoms with Gasteiger partial charge in [-0.05, 0) is 17.1 Å². The van der Waals surface area contributed by atoms with Gasteiger partial charge in [-0.1, -0.05) is 12.1 Å². The predicted octanol–water partition coefficient (Wildman–Crippen LogP) is 0.479. The first-order valence-corrected chi connectivity index (χ1v) is 5.69. The van der Waals surface area contributed by atoms with E-state index in [4.69, 9.17) is 15.2 Å². The number of aliphatic hydroxyl groups is 1. The van der Waals surface area contributed by atoms with Crippen molar-refractivity contribution in [1.82, 2.24) is 0 Å². The molecule has 4 nitrogen and oxygen atoms in total. The molecular weight excluding hydrogens is 429 g/mol. The minimum atomic E-state index is -4.68. The van der Waals surface area contributed by atoms with Crippen molar-refractivity contribution in [3.63, 3.8) is 0 Å². The van der Waals surface area contributed by atoms with Crippen molar-refractivity contribution in [3.8, 4) is 0 Å². The van der Waals surface area contributed by atoms with Crippen LogP contribution in [0, 0.1) is 0 Å². The molecule has 0 aromatic heterocycles. The summed E-state index contributed by atoms with van der Waals surface area (Å²) in [4.78, 5) is 0. The van der Waals surface area contributed by atoms with Crippen LogP contribution >= 0.6 is 0 Å². The van der Waals surface area contributed by atoms with Crippen LogP contribution < -0.4 is 5.46 Å². The third-order valence-electron chi connectivity index (χ3n) is 1.88. The van der Waals surface area contributed by atoms with Gasteiger partial charge in [-0.2, -0.15) is 13.2 Å². The van der Waals surface area contributed by atoms with Crippen molar-refractivity contribution < 1.29 is 52.4 Å². The fourth-order valence-corrected chi connectivity index (χ4v) is 1.17. The molecule has 10 heteroatoms. The van der Waals surface area contributed by atoms with Gasteiger partial charge in [0, 0.05) is 0 Å². The van der Waals surface area contributed by atoms with Crippen LogP contribution in [0.5, 0.6) is 0 Å². The Labute approximate surface area is 111 Å². The van der Waals surface area contributed by atoms with Gasteiger partial charge < -0.3 is 15.2 Å². The number of benzene rings is 1. The molecule has 100 valence electrons. The maximum atomic E-state index is 12.4. The Bertz CT molecular complexity index is 402. The number of halogens is 4. The van der Waals surface area contributed by atoms with Gasteiger partial charge in [0.05, 0.1) is 12.2 Å². The van der Waals surface area contributed by atoms with E-state index in [1.807, 2.05) is 0 Å². The number of rotatable bonds is 2. The van der Waals surface area contributed by atoms with Crippen LogP contribution in [0.3, 0.4) is 0 Å². The van der Waals surface area contributed by atoms with E-state index < -0.39 is 30.9 Å². The molecule has 1 aromatic rings. The van der Waals surface area contributed by atoms with Crippen LogP contribution in [0.25, 0.3) is 0 Å². The van der Waals surface area contributed by atoms with Gasteiger partial charge in [-0.15, -0.1) is 0 Å². The van der Waals surface area contributed by atoms with E-state index in [9.17, 15) is 17.7 Å². The molecule has 1 rings (SSSR count). The Morgan fingerprint density at radius 2 is 1.78 bits per heavy atom. The molecule has 3 N–H and O–H groups in total. The molecular formula is C8H8BF4NO3W. The van der Waals surface area contributed by atoms with Gasteiger partial charge in [0.2, 0.25) is 0 Å². The zero-order chi connectivity index (χ0) is 14.3. The number of nitrogens with zero attached hydrogens (tertiary/aromatic N) is 1. The van der Waals surface area contributed by atoms with Crippen LogP contribution in [0.2, 0.25) is 0 Å². The molecule has 0 saturated carbocycles. The SMILES string of the molecule is F[N]=[W].OCc1ccc(B(O)O)c(C(F)(F)F)c1. The van der Waals surface area contributed by atoms with E-state index in [1.165, 1.54) is 6.07 Å². The first-order valence-electron chi connectivity index (χ1n) is 4.38. The molecule has 0 spiro atoms. The molecule has 0 fully saturated rings. The molecule has 0 radical (unpaired) electrons. The molecule has 0 aliphatic rings. The molecule has 0 amide bonds. The molecule has 0 aliphatic carbocycles. The summed E-state index contributed by atoms with van der Waals surface area (Å²) in [5.74, 6) is 0. The second-order valence-corrected chi connectivity index (χ2v) is 3.52. The smallest absolute Gasteiger partial charge is 0.423 e. The quantitative estimate of drug-likeness (QED) is 0.466. The van der Waals surface area contributed by atoms with Crippen molar-refractivity contribution in [2.75, 3.05) is 0 Å². The van der Waals surface area contributed by atoms with Crippen LogP contribution in [-0.4, -0.2) is 22.3 Å². The summed E-state index contributed by atoms with van der Waals surface area (Å²) in [6, 6.07) is 2.82. The fourth-order valence-electron chi connectivity index (χ4n) is 1.17. The largest absolute Gasteiger partial charge is 0.489 e. The summed E-state index contributed by atoms with van der Waals surface area (Å²) in [5, 5.41) is 26.1. The normalized spacial score (nSPS) is 10.4. The Balaban J connectivity index is 0.000000873. The fraction of sp³-hybridized carbons (Fsp3) is 0.250. The topological polar surface area (TPSA) is 73.1 Å². The molecule has 0 saturated heterocycles.